The second-order valence-electron chi connectivity index (χ2n) is 9.21. The van der Waals surface area contributed by atoms with Crippen molar-refractivity contribution in [2.24, 2.45) is 11.7 Å². The highest BCUT2D eigenvalue weighted by Crippen LogP contribution is 2.32. The van der Waals surface area contributed by atoms with Gasteiger partial charge in [-0.3, -0.25) is 9.69 Å². The summed E-state index contributed by atoms with van der Waals surface area (Å²) in [4.78, 5) is 13.5. The predicted molar refractivity (Wildman–Crippen MR) is 112 cm³/mol. The van der Waals surface area contributed by atoms with Crippen molar-refractivity contribution in [3.05, 3.63) is 29.8 Å². The number of likely N-dealkylation sites (tertiary alicyclic amines) is 1. The number of sulfone groups is 2. The Morgan fingerprint density at radius 2 is 1.62 bits per heavy atom. The molecule has 0 aromatic heterocycles. The van der Waals surface area contributed by atoms with Crippen LogP contribution in [0.1, 0.15) is 39.2 Å². The minimum Gasteiger partial charge on any atom is -0.369 e. The van der Waals surface area contributed by atoms with Crippen molar-refractivity contribution in [2.75, 3.05) is 24.6 Å². The molecule has 2 aliphatic heterocycles. The molecule has 3 rings (SSSR count). The number of amides is 1. The number of carbonyl (C=O) groups is 1. The summed E-state index contributed by atoms with van der Waals surface area (Å²) in [5.41, 5.74) is 6.28. The summed E-state index contributed by atoms with van der Waals surface area (Å²) in [6.07, 6.45) is 1.05. The van der Waals surface area contributed by atoms with Crippen molar-refractivity contribution < 1.29 is 21.6 Å². The molecule has 1 aromatic rings. The average molecular weight is 443 g/mol. The maximum Gasteiger partial charge on any atom is 0.220 e. The number of piperidine rings is 1. The first-order valence-electron chi connectivity index (χ1n) is 9.89. The Balaban J connectivity index is 1.87. The molecule has 2 N–H and O–H groups in total. The minimum atomic E-state index is -3.81. The second-order valence-corrected chi connectivity index (χ2v) is 13.5. The molecule has 2 fully saturated rings. The summed E-state index contributed by atoms with van der Waals surface area (Å²) >= 11 is 0. The van der Waals surface area contributed by atoms with Gasteiger partial charge in [-0.05, 0) is 49.0 Å². The molecule has 7 nitrogen and oxygen atoms in total. The van der Waals surface area contributed by atoms with E-state index in [9.17, 15) is 21.6 Å². The minimum absolute atomic E-state index is 0.105. The number of primary amides is 1. The standard InChI is InChI=1S/C20H30N2O5S2/c1-20(2,3)15-4-6-16(7-5-15)29(26,27)18-13-28(24,25)12-17(18)22-10-8-14(9-11-22)19(21)23/h4-7,14,17-18H,8-13H2,1-3H3,(H2,21,23)/t17-,18-/m0/s1. The summed E-state index contributed by atoms with van der Waals surface area (Å²) in [7, 11) is -7.27. The molecule has 162 valence electrons. The van der Waals surface area contributed by atoms with E-state index in [2.05, 4.69) is 0 Å². The lowest BCUT2D eigenvalue weighted by Gasteiger charge is -2.36. The Bertz CT molecular complexity index is 971. The summed E-state index contributed by atoms with van der Waals surface area (Å²) in [6, 6.07) is 6.16. The van der Waals surface area contributed by atoms with E-state index >= 15 is 0 Å². The zero-order valence-electron chi connectivity index (χ0n) is 17.2. The number of carbonyl (C=O) groups excluding carboxylic acids is 1. The van der Waals surface area contributed by atoms with Gasteiger partial charge in [-0.25, -0.2) is 16.8 Å². The number of hydrogen-bond donors (Lipinski definition) is 1. The molecule has 0 spiro atoms. The van der Waals surface area contributed by atoms with Crippen molar-refractivity contribution in [3.63, 3.8) is 0 Å². The molecule has 2 saturated heterocycles. The smallest absolute Gasteiger partial charge is 0.220 e. The molecule has 0 unspecified atom stereocenters. The largest absolute Gasteiger partial charge is 0.369 e. The number of nitrogens with zero attached hydrogens (tertiary/aromatic N) is 1. The van der Waals surface area contributed by atoms with Gasteiger partial charge in [0.1, 0.15) is 0 Å². The van der Waals surface area contributed by atoms with E-state index in [-0.39, 0.29) is 33.6 Å². The van der Waals surface area contributed by atoms with Crippen molar-refractivity contribution in [1.82, 2.24) is 4.90 Å². The highest BCUT2D eigenvalue weighted by atomic mass is 32.2. The van der Waals surface area contributed by atoms with Gasteiger partial charge < -0.3 is 5.73 Å². The van der Waals surface area contributed by atoms with Gasteiger partial charge in [0.25, 0.3) is 0 Å². The van der Waals surface area contributed by atoms with Crippen LogP contribution in [0.2, 0.25) is 0 Å². The molecular weight excluding hydrogens is 412 g/mol. The van der Waals surface area contributed by atoms with Gasteiger partial charge in [-0.1, -0.05) is 32.9 Å². The molecule has 1 amide bonds. The summed E-state index contributed by atoms with van der Waals surface area (Å²) in [5, 5.41) is -1.00. The quantitative estimate of drug-likeness (QED) is 0.747. The number of hydrogen-bond acceptors (Lipinski definition) is 6. The summed E-state index contributed by atoms with van der Waals surface area (Å²) < 4.78 is 51.4. The van der Waals surface area contributed by atoms with Gasteiger partial charge in [0.15, 0.2) is 19.7 Å². The van der Waals surface area contributed by atoms with Gasteiger partial charge in [-0.2, -0.15) is 0 Å². The van der Waals surface area contributed by atoms with Gasteiger partial charge in [-0.15, -0.1) is 0 Å². The van der Waals surface area contributed by atoms with E-state index in [1.807, 2.05) is 25.7 Å². The first-order chi connectivity index (χ1) is 13.3. The SMILES string of the molecule is CC(C)(C)c1ccc(S(=O)(=O)[C@H]2CS(=O)(=O)C[C@@H]2N2CCC(C(N)=O)CC2)cc1. The zero-order chi connectivity index (χ0) is 21.6. The van der Waals surface area contributed by atoms with E-state index in [1.165, 1.54) is 0 Å². The Morgan fingerprint density at radius 1 is 1.07 bits per heavy atom. The predicted octanol–water partition coefficient (Wildman–Crippen LogP) is 1.12. The molecule has 2 heterocycles. The topological polar surface area (TPSA) is 115 Å². The number of benzene rings is 1. The highest BCUT2D eigenvalue weighted by molar-refractivity contribution is 7.96. The first kappa shape index (κ1) is 22.2. The molecule has 1 aromatic carbocycles. The monoisotopic (exact) mass is 442 g/mol. The third kappa shape index (κ3) is 4.67. The van der Waals surface area contributed by atoms with E-state index in [1.54, 1.807) is 24.3 Å². The Labute approximate surface area is 173 Å². The van der Waals surface area contributed by atoms with Crippen LogP contribution >= 0.6 is 0 Å². The normalized spacial score (nSPS) is 26.4. The van der Waals surface area contributed by atoms with Gasteiger partial charge in [0.2, 0.25) is 5.91 Å². The van der Waals surface area contributed by atoms with Gasteiger partial charge in [0, 0.05) is 12.0 Å². The Morgan fingerprint density at radius 3 is 2.10 bits per heavy atom. The Hall–Kier alpha value is -1.45. The second kappa shape index (κ2) is 7.67. The maximum absolute atomic E-state index is 13.3. The van der Waals surface area contributed by atoms with E-state index in [0.717, 1.165) is 5.56 Å². The third-order valence-electron chi connectivity index (χ3n) is 6.12. The summed E-state index contributed by atoms with van der Waals surface area (Å²) in [5.74, 6) is -1.12. The van der Waals surface area contributed by atoms with Crippen molar-refractivity contribution in [2.45, 2.75) is 55.2 Å². The van der Waals surface area contributed by atoms with Crippen LogP contribution in [0.25, 0.3) is 0 Å². The van der Waals surface area contributed by atoms with E-state index in [0.29, 0.717) is 25.9 Å². The lowest BCUT2D eigenvalue weighted by atomic mass is 9.87. The molecule has 0 radical (unpaired) electrons. The fourth-order valence-electron chi connectivity index (χ4n) is 4.27. The van der Waals surface area contributed by atoms with Crippen LogP contribution in [0.5, 0.6) is 0 Å². The lowest BCUT2D eigenvalue weighted by molar-refractivity contribution is -0.123. The molecule has 2 atom stereocenters. The van der Waals surface area contributed by atoms with Crippen LogP contribution in [0.4, 0.5) is 0 Å². The van der Waals surface area contributed by atoms with Crippen LogP contribution in [0.15, 0.2) is 29.2 Å². The first-order valence-corrected chi connectivity index (χ1v) is 13.3. The van der Waals surface area contributed by atoms with Crippen molar-refractivity contribution in [3.8, 4) is 0 Å². The Kier molecular flexibility index (Phi) is 5.88. The van der Waals surface area contributed by atoms with Crippen LogP contribution in [0.3, 0.4) is 0 Å². The maximum atomic E-state index is 13.3. The van der Waals surface area contributed by atoms with Crippen LogP contribution in [-0.2, 0) is 29.9 Å². The van der Waals surface area contributed by atoms with Gasteiger partial charge in [0.05, 0.1) is 21.7 Å². The average Bonchev–Trinajstić information content (AvgIpc) is 2.97. The fraction of sp³-hybridized carbons (Fsp3) is 0.650. The van der Waals surface area contributed by atoms with Crippen LogP contribution < -0.4 is 5.73 Å². The van der Waals surface area contributed by atoms with E-state index in [4.69, 9.17) is 5.73 Å². The highest BCUT2D eigenvalue weighted by Gasteiger charge is 2.48. The zero-order valence-corrected chi connectivity index (χ0v) is 18.8. The molecular formula is C20H30N2O5S2. The number of nitrogens with two attached hydrogens (primary N) is 1. The van der Waals surface area contributed by atoms with E-state index < -0.39 is 31.0 Å². The molecule has 0 bridgehead atoms. The van der Waals surface area contributed by atoms with Gasteiger partial charge >= 0.3 is 0 Å². The molecule has 0 aliphatic carbocycles. The molecule has 0 saturated carbocycles. The third-order valence-corrected chi connectivity index (χ3v) is 10.3. The van der Waals surface area contributed by atoms with Crippen molar-refractivity contribution in [1.29, 1.82) is 0 Å². The number of rotatable bonds is 4. The molecule has 29 heavy (non-hydrogen) atoms. The summed E-state index contributed by atoms with van der Waals surface area (Å²) in [6.45, 7) is 7.09. The lowest BCUT2D eigenvalue weighted by Crippen LogP contribution is -2.50. The van der Waals surface area contributed by atoms with Crippen LogP contribution in [0, 0.1) is 5.92 Å². The molecule has 2 aliphatic rings. The van der Waals surface area contributed by atoms with Crippen molar-refractivity contribution >= 4 is 25.6 Å². The fourth-order valence-corrected chi connectivity index (χ4v) is 9.10. The van der Waals surface area contributed by atoms with Crippen LogP contribution in [-0.4, -0.2) is 63.5 Å². The molecule has 9 heteroatoms.